The standard InChI is InChI=1S/C20H27BN2O5/c1-12(2)17-15-10-13(21-27-19(3,4)20(5,6)28-21)8-9-14(15)18(25)23(22-17)11-16(24)26-7/h8-10,12H,11H2,1-7H3. The van der Waals surface area contributed by atoms with Crippen molar-refractivity contribution in [2.24, 2.45) is 0 Å². The molecule has 150 valence electrons. The minimum Gasteiger partial charge on any atom is -0.468 e. The topological polar surface area (TPSA) is 79.7 Å². The molecule has 0 unspecified atom stereocenters. The first-order chi connectivity index (χ1) is 13.0. The first kappa shape index (κ1) is 20.5. The highest BCUT2D eigenvalue weighted by molar-refractivity contribution is 6.62. The quantitative estimate of drug-likeness (QED) is 0.591. The number of hydrogen-bond donors (Lipinski definition) is 0. The van der Waals surface area contributed by atoms with Crippen molar-refractivity contribution in [2.45, 2.75) is 65.2 Å². The maximum absolute atomic E-state index is 12.8. The van der Waals surface area contributed by atoms with Crippen molar-refractivity contribution >= 4 is 29.3 Å². The number of fused-ring (bicyclic) bond motifs is 1. The lowest BCUT2D eigenvalue weighted by molar-refractivity contribution is -0.141. The van der Waals surface area contributed by atoms with Crippen LogP contribution in [0.15, 0.2) is 23.0 Å². The molecule has 0 saturated carbocycles. The average molecular weight is 386 g/mol. The average Bonchev–Trinajstić information content (AvgIpc) is 2.84. The van der Waals surface area contributed by atoms with E-state index >= 15 is 0 Å². The predicted octanol–water partition coefficient (Wildman–Crippen LogP) is 1.99. The SMILES string of the molecule is COC(=O)Cn1nc(C(C)C)c2cc(B3OC(C)(C)C(C)(C)O3)ccc2c1=O. The molecule has 0 spiro atoms. The van der Waals surface area contributed by atoms with Crippen molar-refractivity contribution in [1.29, 1.82) is 0 Å². The fourth-order valence-electron chi connectivity index (χ4n) is 3.17. The largest absolute Gasteiger partial charge is 0.494 e. The van der Waals surface area contributed by atoms with Crippen molar-refractivity contribution < 1.29 is 18.8 Å². The Bertz CT molecular complexity index is 964. The second-order valence-corrected chi connectivity index (χ2v) is 8.47. The van der Waals surface area contributed by atoms with Gasteiger partial charge in [0.1, 0.15) is 6.54 Å². The zero-order valence-corrected chi connectivity index (χ0v) is 17.5. The van der Waals surface area contributed by atoms with E-state index in [-0.39, 0.29) is 18.0 Å². The van der Waals surface area contributed by atoms with Crippen LogP contribution in [0.2, 0.25) is 0 Å². The van der Waals surface area contributed by atoms with Crippen LogP contribution in [0.4, 0.5) is 0 Å². The molecule has 1 fully saturated rings. The van der Waals surface area contributed by atoms with Crippen molar-refractivity contribution in [3.05, 3.63) is 34.2 Å². The number of rotatable bonds is 4. The van der Waals surface area contributed by atoms with E-state index in [0.717, 1.165) is 21.2 Å². The van der Waals surface area contributed by atoms with Crippen LogP contribution >= 0.6 is 0 Å². The number of aromatic nitrogens is 2. The molecule has 0 bridgehead atoms. The van der Waals surface area contributed by atoms with Crippen LogP contribution in [-0.4, -0.2) is 41.2 Å². The Hall–Kier alpha value is -2.19. The van der Waals surface area contributed by atoms with Crippen LogP contribution < -0.4 is 11.0 Å². The van der Waals surface area contributed by atoms with Crippen molar-refractivity contribution in [1.82, 2.24) is 9.78 Å². The van der Waals surface area contributed by atoms with E-state index in [1.807, 2.05) is 53.7 Å². The molecule has 0 amide bonds. The van der Waals surface area contributed by atoms with Gasteiger partial charge in [-0.15, -0.1) is 0 Å². The fourth-order valence-corrected chi connectivity index (χ4v) is 3.17. The Labute approximate surface area is 165 Å². The van der Waals surface area contributed by atoms with Gasteiger partial charge in [0.25, 0.3) is 5.56 Å². The van der Waals surface area contributed by atoms with Crippen molar-refractivity contribution in [3.8, 4) is 0 Å². The number of methoxy groups -OCH3 is 1. The Morgan fingerprint density at radius 2 is 1.79 bits per heavy atom. The second kappa shape index (κ2) is 7.01. The minimum atomic E-state index is -0.521. The van der Waals surface area contributed by atoms with Crippen LogP contribution in [0.3, 0.4) is 0 Å². The summed E-state index contributed by atoms with van der Waals surface area (Å²) in [6, 6.07) is 5.49. The number of nitrogens with zero attached hydrogens (tertiary/aromatic N) is 2. The van der Waals surface area contributed by atoms with Gasteiger partial charge in [-0.25, -0.2) is 4.68 Å². The minimum absolute atomic E-state index is 0.0561. The molecule has 3 rings (SSSR count). The first-order valence-corrected chi connectivity index (χ1v) is 9.44. The third kappa shape index (κ3) is 3.46. The van der Waals surface area contributed by atoms with E-state index in [2.05, 4.69) is 9.84 Å². The third-order valence-corrected chi connectivity index (χ3v) is 5.59. The Morgan fingerprint density at radius 1 is 1.18 bits per heavy atom. The Kier molecular flexibility index (Phi) is 5.14. The van der Waals surface area contributed by atoms with E-state index in [9.17, 15) is 9.59 Å². The smallest absolute Gasteiger partial charge is 0.468 e. The lowest BCUT2D eigenvalue weighted by Crippen LogP contribution is -2.41. The molecule has 1 saturated heterocycles. The summed E-state index contributed by atoms with van der Waals surface area (Å²) in [6.07, 6.45) is 0. The summed E-state index contributed by atoms with van der Waals surface area (Å²) in [7, 11) is 0.765. The Balaban J connectivity index is 2.12. The van der Waals surface area contributed by atoms with Gasteiger partial charge >= 0.3 is 13.1 Å². The van der Waals surface area contributed by atoms with E-state index in [1.165, 1.54) is 7.11 Å². The van der Waals surface area contributed by atoms with Crippen molar-refractivity contribution in [3.63, 3.8) is 0 Å². The summed E-state index contributed by atoms with van der Waals surface area (Å²) in [4.78, 5) is 24.5. The number of carbonyl (C=O) groups is 1. The molecule has 0 atom stereocenters. The number of carbonyl (C=O) groups excluding carboxylic acids is 1. The summed E-state index contributed by atoms with van der Waals surface area (Å²) in [5.74, 6) is -0.460. The maximum atomic E-state index is 12.8. The summed E-state index contributed by atoms with van der Waals surface area (Å²) >= 11 is 0. The molecule has 2 heterocycles. The molecule has 28 heavy (non-hydrogen) atoms. The van der Waals surface area contributed by atoms with Crippen LogP contribution in [0.1, 0.15) is 53.2 Å². The second-order valence-electron chi connectivity index (χ2n) is 8.47. The summed E-state index contributed by atoms with van der Waals surface area (Å²) in [5.41, 5.74) is 0.341. The highest BCUT2D eigenvalue weighted by atomic mass is 16.7. The molecule has 1 aliphatic rings. The fraction of sp³-hybridized carbons (Fsp3) is 0.550. The molecule has 8 heteroatoms. The summed E-state index contributed by atoms with van der Waals surface area (Å²) < 4.78 is 18.1. The van der Waals surface area contributed by atoms with Crippen LogP contribution in [0.25, 0.3) is 10.8 Å². The van der Waals surface area contributed by atoms with Gasteiger partial charge in [-0.2, -0.15) is 5.10 Å². The number of ether oxygens (including phenoxy) is 1. The molecule has 7 nitrogen and oxygen atoms in total. The highest BCUT2D eigenvalue weighted by Crippen LogP contribution is 2.36. The summed E-state index contributed by atoms with van der Waals surface area (Å²) in [6.45, 7) is 11.8. The van der Waals surface area contributed by atoms with Gasteiger partial charge < -0.3 is 14.0 Å². The van der Waals surface area contributed by atoms with Gasteiger partial charge in [0.15, 0.2) is 0 Å². The van der Waals surface area contributed by atoms with Crippen LogP contribution in [-0.2, 0) is 25.4 Å². The normalized spacial score (nSPS) is 18.1. The van der Waals surface area contributed by atoms with E-state index < -0.39 is 24.3 Å². The van der Waals surface area contributed by atoms with Crippen LogP contribution in [0.5, 0.6) is 0 Å². The van der Waals surface area contributed by atoms with Gasteiger partial charge in [0.05, 0.1) is 29.4 Å². The number of benzene rings is 1. The molecule has 1 aliphatic heterocycles. The van der Waals surface area contributed by atoms with E-state index in [4.69, 9.17) is 9.31 Å². The number of esters is 1. The van der Waals surface area contributed by atoms with Gasteiger partial charge in [-0.3, -0.25) is 9.59 Å². The van der Waals surface area contributed by atoms with E-state index in [1.54, 1.807) is 6.07 Å². The van der Waals surface area contributed by atoms with Crippen LogP contribution in [0, 0.1) is 0 Å². The highest BCUT2D eigenvalue weighted by Gasteiger charge is 2.51. The number of hydrogen-bond acceptors (Lipinski definition) is 6. The molecule has 1 aromatic carbocycles. The molecular formula is C20H27BN2O5. The predicted molar refractivity (Wildman–Crippen MR) is 108 cm³/mol. The molecule has 2 aromatic rings. The Morgan fingerprint density at radius 3 is 2.32 bits per heavy atom. The molecule has 0 radical (unpaired) electrons. The molecule has 1 aromatic heterocycles. The third-order valence-electron chi connectivity index (χ3n) is 5.59. The van der Waals surface area contributed by atoms with Gasteiger partial charge in [-0.1, -0.05) is 26.0 Å². The molecule has 0 N–H and O–H groups in total. The lowest BCUT2D eigenvalue weighted by Gasteiger charge is -2.32. The maximum Gasteiger partial charge on any atom is 0.494 e. The van der Waals surface area contributed by atoms with Gasteiger partial charge in [0.2, 0.25) is 0 Å². The first-order valence-electron chi connectivity index (χ1n) is 9.44. The summed E-state index contributed by atoms with van der Waals surface area (Å²) in [5, 5.41) is 5.68. The van der Waals surface area contributed by atoms with E-state index in [0.29, 0.717) is 5.39 Å². The molecular weight excluding hydrogens is 359 g/mol. The molecule has 0 aliphatic carbocycles. The zero-order chi connectivity index (χ0) is 20.9. The zero-order valence-electron chi connectivity index (χ0n) is 17.5. The lowest BCUT2D eigenvalue weighted by atomic mass is 9.78. The van der Waals surface area contributed by atoms with Crippen molar-refractivity contribution in [2.75, 3.05) is 7.11 Å². The van der Waals surface area contributed by atoms with Gasteiger partial charge in [-0.05, 0) is 45.1 Å². The van der Waals surface area contributed by atoms with Gasteiger partial charge in [0, 0.05) is 5.39 Å². The monoisotopic (exact) mass is 386 g/mol.